The third-order valence-electron chi connectivity index (χ3n) is 4.74. The van der Waals surface area contributed by atoms with Crippen molar-refractivity contribution >= 4 is 16.7 Å². The maximum Gasteiger partial charge on any atom is 0.451 e. The van der Waals surface area contributed by atoms with Gasteiger partial charge in [-0.05, 0) is 31.5 Å². The van der Waals surface area contributed by atoms with Crippen molar-refractivity contribution in [3.63, 3.8) is 0 Å². The lowest BCUT2D eigenvalue weighted by Crippen LogP contribution is -2.14. The van der Waals surface area contributed by atoms with E-state index in [4.69, 9.17) is 4.74 Å². The van der Waals surface area contributed by atoms with Crippen molar-refractivity contribution in [2.45, 2.75) is 26.1 Å². The highest BCUT2D eigenvalue weighted by Gasteiger charge is 2.34. The normalized spacial score (nSPS) is 12.6. The van der Waals surface area contributed by atoms with Gasteiger partial charge in [0, 0.05) is 41.3 Å². The first-order chi connectivity index (χ1) is 15.3. The van der Waals surface area contributed by atoms with Crippen LogP contribution in [0.15, 0.2) is 43.2 Å². The lowest BCUT2D eigenvalue weighted by Gasteiger charge is -2.17. The molecule has 8 nitrogen and oxygen atoms in total. The second kappa shape index (κ2) is 8.33. The minimum atomic E-state index is -4.59. The summed E-state index contributed by atoms with van der Waals surface area (Å²) in [5.41, 5.74) is 2.67. The van der Waals surface area contributed by atoms with E-state index in [1.54, 1.807) is 25.4 Å². The van der Waals surface area contributed by atoms with Crippen molar-refractivity contribution in [1.29, 1.82) is 0 Å². The second-order valence-corrected chi connectivity index (χ2v) is 7.08. The van der Waals surface area contributed by atoms with Gasteiger partial charge in [0.1, 0.15) is 23.4 Å². The van der Waals surface area contributed by atoms with Crippen molar-refractivity contribution < 1.29 is 17.9 Å². The molecule has 0 unspecified atom stereocenters. The number of ether oxygens (including phenoxy) is 1. The molecule has 1 atom stereocenters. The van der Waals surface area contributed by atoms with Crippen molar-refractivity contribution in [2.24, 2.45) is 0 Å². The van der Waals surface area contributed by atoms with Gasteiger partial charge in [-0.25, -0.2) is 29.9 Å². The van der Waals surface area contributed by atoms with Crippen molar-refractivity contribution in [2.75, 3.05) is 12.4 Å². The summed E-state index contributed by atoms with van der Waals surface area (Å²) in [6.07, 6.45) is 2.50. The molecule has 0 aliphatic rings. The number of hydrogen-bond acceptors (Lipinski definition) is 8. The number of nitrogens with one attached hydrogen (secondary N) is 1. The number of alkyl halides is 3. The van der Waals surface area contributed by atoms with Gasteiger partial charge in [-0.3, -0.25) is 0 Å². The van der Waals surface area contributed by atoms with Crippen LogP contribution in [0.25, 0.3) is 22.3 Å². The zero-order valence-corrected chi connectivity index (χ0v) is 17.3. The third-order valence-corrected chi connectivity index (χ3v) is 4.74. The summed E-state index contributed by atoms with van der Waals surface area (Å²) < 4.78 is 43.7. The van der Waals surface area contributed by atoms with Gasteiger partial charge in [-0.1, -0.05) is 0 Å². The smallest absolute Gasteiger partial charge is 0.451 e. The number of rotatable bonds is 5. The van der Waals surface area contributed by atoms with Crippen LogP contribution < -0.4 is 10.1 Å². The number of nitrogens with zero attached hydrogens (tertiary/aromatic N) is 6. The van der Waals surface area contributed by atoms with Gasteiger partial charge >= 0.3 is 6.18 Å². The van der Waals surface area contributed by atoms with Crippen molar-refractivity contribution in [3.8, 4) is 17.1 Å². The van der Waals surface area contributed by atoms with E-state index in [1.165, 1.54) is 13.4 Å². The van der Waals surface area contributed by atoms with Crippen LogP contribution in [-0.4, -0.2) is 37.0 Å². The van der Waals surface area contributed by atoms with Crippen LogP contribution in [-0.2, 0) is 6.18 Å². The topological polar surface area (TPSA) is 98.6 Å². The summed E-state index contributed by atoms with van der Waals surface area (Å²) in [6, 6.07) is 3.19. The Balaban J connectivity index is 1.72. The molecule has 3 heterocycles. The molecule has 1 aromatic carbocycles. The Morgan fingerprint density at radius 1 is 0.938 bits per heavy atom. The Hall–Kier alpha value is -3.89. The average Bonchev–Trinajstić information content (AvgIpc) is 2.78. The average molecular weight is 441 g/mol. The molecule has 0 fully saturated rings. The van der Waals surface area contributed by atoms with E-state index in [2.05, 4.69) is 35.2 Å². The number of fused-ring (bicyclic) bond motifs is 1. The molecule has 4 aromatic rings. The first kappa shape index (κ1) is 21.3. The van der Waals surface area contributed by atoms with Crippen LogP contribution in [0.4, 0.5) is 19.0 Å². The van der Waals surface area contributed by atoms with Crippen molar-refractivity contribution in [3.05, 3.63) is 60.2 Å². The monoisotopic (exact) mass is 441 g/mol. The van der Waals surface area contributed by atoms with E-state index in [-0.39, 0.29) is 0 Å². The van der Waals surface area contributed by atoms with E-state index >= 15 is 0 Å². The lowest BCUT2D eigenvalue weighted by molar-refractivity contribution is -0.145. The van der Waals surface area contributed by atoms with Gasteiger partial charge in [0.05, 0.1) is 13.2 Å². The number of aromatic nitrogens is 6. The lowest BCUT2D eigenvalue weighted by atomic mass is 10.1. The molecule has 3 aromatic heterocycles. The second-order valence-electron chi connectivity index (χ2n) is 7.08. The maximum absolute atomic E-state index is 12.7. The summed E-state index contributed by atoms with van der Waals surface area (Å²) in [4.78, 5) is 24.2. The Kier molecular flexibility index (Phi) is 5.56. The molecule has 0 radical (unpaired) electrons. The standard InChI is InChI=1S/C21H18F3N7O/c1-11-6-25-18(26-7-11)13-4-15-17(16(5-13)32-3)29-10-30-19(15)31-12(2)14-8-27-20(28-9-14)21(22,23)24/h4-10,12H,1-3H3,(H,29,30,31)/t12-/m1/s1. The van der Waals surface area contributed by atoms with Crippen LogP contribution in [0.1, 0.15) is 29.9 Å². The van der Waals surface area contributed by atoms with Gasteiger partial charge in [0.25, 0.3) is 0 Å². The fourth-order valence-corrected chi connectivity index (χ4v) is 3.07. The highest BCUT2D eigenvalue weighted by atomic mass is 19.4. The minimum Gasteiger partial charge on any atom is -0.494 e. The molecule has 0 saturated carbocycles. The summed E-state index contributed by atoms with van der Waals surface area (Å²) in [6.45, 7) is 3.66. The SMILES string of the molecule is COc1cc(-c2ncc(C)cn2)cc2c(N[C@H](C)c3cnc(C(F)(F)F)nc3)ncnc12. The summed E-state index contributed by atoms with van der Waals surface area (Å²) in [5.74, 6) is 0.301. The van der Waals surface area contributed by atoms with Gasteiger partial charge in [0.2, 0.25) is 5.82 Å². The maximum atomic E-state index is 12.7. The number of hydrogen-bond donors (Lipinski definition) is 1. The van der Waals surface area contributed by atoms with Crippen molar-refractivity contribution in [1.82, 2.24) is 29.9 Å². The molecule has 0 saturated heterocycles. The van der Waals surface area contributed by atoms with Gasteiger partial charge in [0.15, 0.2) is 5.82 Å². The van der Waals surface area contributed by atoms with Gasteiger partial charge in [-0.2, -0.15) is 13.2 Å². The molecule has 0 aliphatic heterocycles. The highest BCUT2D eigenvalue weighted by Crippen LogP contribution is 2.34. The van der Waals surface area contributed by atoms with Gasteiger partial charge in [-0.15, -0.1) is 0 Å². The molecule has 164 valence electrons. The summed E-state index contributed by atoms with van der Waals surface area (Å²) in [7, 11) is 1.53. The first-order valence-electron chi connectivity index (χ1n) is 9.53. The molecule has 4 rings (SSSR count). The predicted octanol–water partition coefficient (Wildman–Crippen LogP) is 4.39. The van der Waals surface area contributed by atoms with Crippen LogP contribution in [0.2, 0.25) is 0 Å². The molecule has 11 heteroatoms. The largest absolute Gasteiger partial charge is 0.494 e. The Bertz CT molecular complexity index is 1250. The van der Waals surface area contributed by atoms with Crippen LogP contribution in [0.3, 0.4) is 0 Å². The van der Waals surface area contributed by atoms with E-state index in [0.717, 1.165) is 18.0 Å². The third kappa shape index (κ3) is 4.27. The number of aryl methyl sites for hydroxylation is 1. The quantitative estimate of drug-likeness (QED) is 0.487. The van der Waals surface area contributed by atoms with E-state index in [1.807, 2.05) is 13.0 Å². The zero-order valence-electron chi connectivity index (χ0n) is 17.3. The Morgan fingerprint density at radius 3 is 2.25 bits per heavy atom. The summed E-state index contributed by atoms with van der Waals surface area (Å²) >= 11 is 0. The predicted molar refractivity (Wildman–Crippen MR) is 111 cm³/mol. The molecule has 0 amide bonds. The highest BCUT2D eigenvalue weighted by molar-refractivity contribution is 5.96. The van der Waals surface area contributed by atoms with Crippen LogP contribution in [0.5, 0.6) is 5.75 Å². The Morgan fingerprint density at radius 2 is 1.62 bits per heavy atom. The molecule has 0 bridgehead atoms. The summed E-state index contributed by atoms with van der Waals surface area (Å²) in [5, 5.41) is 3.83. The molecular weight excluding hydrogens is 423 g/mol. The van der Waals surface area contributed by atoms with E-state index < -0.39 is 18.0 Å². The first-order valence-corrected chi connectivity index (χ1v) is 9.53. The fraction of sp³-hybridized carbons (Fsp3) is 0.238. The number of benzene rings is 1. The number of anilines is 1. The molecule has 0 aliphatic carbocycles. The molecule has 32 heavy (non-hydrogen) atoms. The van der Waals surface area contributed by atoms with E-state index in [9.17, 15) is 13.2 Å². The minimum absolute atomic E-state index is 0.430. The van der Waals surface area contributed by atoms with E-state index in [0.29, 0.717) is 39.4 Å². The molecule has 0 spiro atoms. The number of halogens is 3. The Labute approximate surface area is 181 Å². The zero-order chi connectivity index (χ0) is 22.9. The molecular formula is C21H18F3N7O. The van der Waals surface area contributed by atoms with Crippen LogP contribution >= 0.6 is 0 Å². The molecule has 1 N–H and O–H groups in total. The fourth-order valence-electron chi connectivity index (χ4n) is 3.07. The van der Waals surface area contributed by atoms with Gasteiger partial charge < -0.3 is 10.1 Å². The van der Waals surface area contributed by atoms with Crippen LogP contribution in [0, 0.1) is 6.92 Å². The number of methoxy groups -OCH3 is 1.